The Balaban J connectivity index is 2.20. The second-order valence-electron chi connectivity index (χ2n) is 4.26. The van der Waals surface area contributed by atoms with Crippen LogP contribution in [0.2, 0.25) is 0 Å². The number of carboxylic acid groups (broad SMARTS) is 1. The van der Waals surface area contributed by atoms with Gasteiger partial charge in [0.1, 0.15) is 18.7 Å². The zero-order chi connectivity index (χ0) is 15.6. The summed E-state index contributed by atoms with van der Waals surface area (Å²) >= 11 is 0. The molecule has 2 amide bonds. The molecule has 2 heterocycles. The summed E-state index contributed by atoms with van der Waals surface area (Å²) in [6.45, 7) is -0.383. The number of hydrogen-bond acceptors (Lipinski definition) is 5. The Morgan fingerprint density at radius 2 is 2.33 bits per heavy atom. The van der Waals surface area contributed by atoms with Gasteiger partial charge in [-0.2, -0.15) is 9.98 Å². The molecule has 11 heteroatoms. The highest BCUT2D eigenvalue weighted by Gasteiger charge is 2.40. The zero-order valence-corrected chi connectivity index (χ0v) is 10.7. The first kappa shape index (κ1) is 15.0. The van der Waals surface area contributed by atoms with Gasteiger partial charge in [-0.15, -0.1) is 4.99 Å². The summed E-state index contributed by atoms with van der Waals surface area (Å²) in [5.41, 5.74) is 5.28. The molecule has 114 valence electrons. The van der Waals surface area contributed by atoms with Crippen molar-refractivity contribution in [3.63, 3.8) is 0 Å². The SMILES string of the molecule is NC(=N\C(=O)O)/N=C1\C(=O)N=CN1[C@H]1C[C@H](O)[C@@H](CO)O1. The molecule has 0 aliphatic carbocycles. The molecule has 5 N–H and O–H groups in total. The average molecular weight is 299 g/mol. The summed E-state index contributed by atoms with van der Waals surface area (Å²) in [6, 6.07) is 0. The van der Waals surface area contributed by atoms with Gasteiger partial charge in [-0.3, -0.25) is 9.69 Å². The lowest BCUT2D eigenvalue weighted by Gasteiger charge is -2.21. The second-order valence-corrected chi connectivity index (χ2v) is 4.26. The van der Waals surface area contributed by atoms with E-state index in [-0.39, 0.29) is 18.9 Å². The number of aliphatic hydroxyl groups is 2. The Labute approximate surface area is 118 Å². The molecule has 0 bridgehead atoms. The molecule has 2 aliphatic heterocycles. The molecule has 1 saturated heterocycles. The normalized spacial score (nSPS) is 31.4. The van der Waals surface area contributed by atoms with Gasteiger partial charge < -0.3 is 25.8 Å². The molecule has 2 rings (SSSR count). The Morgan fingerprint density at radius 3 is 2.90 bits per heavy atom. The molecule has 1 fully saturated rings. The maximum absolute atomic E-state index is 11.6. The number of nitrogens with two attached hydrogens (primary N) is 1. The number of nitrogens with zero attached hydrogens (tertiary/aromatic N) is 4. The first-order valence-corrected chi connectivity index (χ1v) is 5.89. The quantitative estimate of drug-likeness (QED) is 0.326. The minimum atomic E-state index is -1.55. The van der Waals surface area contributed by atoms with Crippen LogP contribution in [0.3, 0.4) is 0 Å². The van der Waals surface area contributed by atoms with E-state index < -0.39 is 36.4 Å². The fourth-order valence-corrected chi connectivity index (χ4v) is 1.94. The van der Waals surface area contributed by atoms with Crippen LogP contribution in [0.25, 0.3) is 0 Å². The lowest BCUT2D eigenvalue weighted by molar-refractivity contribution is -0.112. The number of rotatable bonds is 2. The third-order valence-electron chi connectivity index (χ3n) is 2.86. The summed E-state index contributed by atoms with van der Waals surface area (Å²) in [4.78, 5) is 33.2. The minimum absolute atomic E-state index is 0.111. The van der Waals surface area contributed by atoms with Gasteiger partial charge in [-0.25, -0.2) is 4.79 Å². The third kappa shape index (κ3) is 3.21. The molecular formula is C10H13N5O6. The topological polar surface area (TPSA) is 170 Å². The Morgan fingerprint density at radius 1 is 1.62 bits per heavy atom. The van der Waals surface area contributed by atoms with Crippen molar-refractivity contribution >= 4 is 30.1 Å². The predicted molar refractivity (Wildman–Crippen MR) is 68.8 cm³/mol. The van der Waals surface area contributed by atoms with Crippen molar-refractivity contribution in [2.75, 3.05) is 6.61 Å². The molecule has 0 saturated carbocycles. The second kappa shape index (κ2) is 5.95. The number of aliphatic imine (C=N–C) groups is 3. The monoisotopic (exact) mass is 299 g/mol. The number of guanidine groups is 1. The van der Waals surface area contributed by atoms with Crippen molar-refractivity contribution in [1.29, 1.82) is 0 Å². The van der Waals surface area contributed by atoms with Crippen LogP contribution in [-0.4, -0.2) is 75.4 Å². The molecule has 0 unspecified atom stereocenters. The largest absolute Gasteiger partial charge is 0.463 e. The molecule has 11 nitrogen and oxygen atoms in total. The number of carbonyl (C=O) groups is 2. The Kier molecular flexibility index (Phi) is 4.26. The molecule has 3 atom stereocenters. The molecule has 21 heavy (non-hydrogen) atoms. The van der Waals surface area contributed by atoms with E-state index in [2.05, 4.69) is 15.0 Å². The van der Waals surface area contributed by atoms with E-state index in [0.717, 1.165) is 6.34 Å². The highest BCUT2D eigenvalue weighted by molar-refractivity contribution is 6.45. The van der Waals surface area contributed by atoms with E-state index in [0.29, 0.717) is 0 Å². The lowest BCUT2D eigenvalue weighted by atomic mass is 10.2. The van der Waals surface area contributed by atoms with Gasteiger partial charge >= 0.3 is 12.0 Å². The Hall–Kier alpha value is -2.37. The van der Waals surface area contributed by atoms with Crippen LogP contribution in [0, 0.1) is 0 Å². The van der Waals surface area contributed by atoms with Gasteiger partial charge in [-0.1, -0.05) is 0 Å². The standard InChI is InChI=1S/C10H13N5O6/c11-9(14-10(19)20)13-7-8(18)12-3-15(7)6-1-4(17)5(2-16)21-6/h3-6,16-17H,1-2H2,(H2,11,14)(H,19,20)/b13-7+/t4-,5+,6+/m0/s1. The van der Waals surface area contributed by atoms with Crippen LogP contribution in [-0.2, 0) is 9.53 Å². The molecular weight excluding hydrogens is 286 g/mol. The fourth-order valence-electron chi connectivity index (χ4n) is 1.94. The number of aliphatic hydroxyl groups excluding tert-OH is 2. The lowest BCUT2D eigenvalue weighted by Crippen LogP contribution is -2.39. The first-order chi connectivity index (χ1) is 9.92. The number of amidine groups is 1. The maximum atomic E-state index is 11.6. The van der Waals surface area contributed by atoms with E-state index in [1.165, 1.54) is 4.90 Å². The average Bonchev–Trinajstić information content (AvgIpc) is 2.93. The van der Waals surface area contributed by atoms with E-state index in [1.807, 2.05) is 0 Å². The summed E-state index contributed by atoms with van der Waals surface area (Å²) in [5, 5.41) is 27.1. The van der Waals surface area contributed by atoms with Crippen molar-refractivity contribution < 1.29 is 29.6 Å². The van der Waals surface area contributed by atoms with Crippen molar-refractivity contribution in [3.8, 4) is 0 Å². The fraction of sp³-hybridized carbons (Fsp3) is 0.500. The number of amides is 2. The summed E-state index contributed by atoms with van der Waals surface area (Å²) in [5.74, 6) is -1.64. The van der Waals surface area contributed by atoms with Gasteiger partial charge in [-0.05, 0) is 0 Å². The van der Waals surface area contributed by atoms with E-state index in [9.17, 15) is 14.7 Å². The van der Waals surface area contributed by atoms with Gasteiger partial charge in [0.2, 0.25) is 11.8 Å². The molecule has 0 aromatic heterocycles. The number of ether oxygens (including phenoxy) is 1. The van der Waals surface area contributed by atoms with E-state index in [1.54, 1.807) is 0 Å². The number of carbonyl (C=O) groups excluding carboxylic acids is 1. The first-order valence-electron chi connectivity index (χ1n) is 5.89. The smallest absolute Gasteiger partial charge is 0.434 e. The van der Waals surface area contributed by atoms with Crippen LogP contribution in [0.4, 0.5) is 4.79 Å². The third-order valence-corrected chi connectivity index (χ3v) is 2.86. The van der Waals surface area contributed by atoms with Crippen LogP contribution >= 0.6 is 0 Å². The van der Waals surface area contributed by atoms with Crippen LogP contribution in [0.15, 0.2) is 15.0 Å². The maximum Gasteiger partial charge on any atom is 0.434 e. The molecule has 0 aromatic carbocycles. The van der Waals surface area contributed by atoms with Crippen LogP contribution < -0.4 is 5.73 Å². The van der Waals surface area contributed by atoms with Crippen LogP contribution in [0.1, 0.15) is 6.42 Å². The van der Waals surface area contributed by atoms with Gasteiger partial charge in [0, 0.05) is 6.42 Å². The number of hydrogen-bond donors (Lipinski definition) is 4. The summed E-state index contributed by atoms with van der Waals surface area (Å²) < 4.78 is 5.35. The Bertz CT molecular complexity index is 544. The molecule has 2 aliphatic rings. The highest BCUT2D eigenvalue weighted by atomic mass is 16.5. The van der Waals surface area contributed by atoms with E-state index >= 15 is 0 Å². The van der Waals surface area contributed by atoms with Gasteiger partial charge in [0.25, 0.3) is 0 Å². The van der Waals surface area contributed by atoms with E-state index in [4.69, 9.17) is 20.7 Å². The van der Waals surface area contributed by atoms with Crippen molar-refractivity contribution in [1.82, 2.24) is 4.90 Å². The molecule has 0 radical (unpaired) electrons. The minimum Gasteiger partial charge on any atom is -0.463 e. The van der Waals surface area contributed by atoms with Crippen molar-refractivity contribution in [3.05, 3.63) is 0 Å². The predicted octanol–water partition coefficient (Wildman–Crippen LogP) is -2.28. The summed E-state index contributed by atoms with van der Waals surface area (Å²) in [7, 11) is 0. The molecule has 0 spiro atoms. The molecule has 0 aromatic rings. The van der Waals surface area contributed by atoms with Gasteiger partial charge in [0.05, 0.1) is 12.7 Å². The zero-order valence-electron chi connectivity index (χ0n) is 10.7. The van der Waals surface area contributed by atoms with Crippen molar-refractivity contribution in [2.24, 2.45) is 20.7 Å². The summed E-state index contributed by atoms with van der Waals surface area (Å²) in [6.07, 6.45) is -2.78. The highest BCUT2D eigenvalue weighted by Crippen LogP contribution is 2.24. The van der Waals surface area contributed by atoms with Crippen molar-refractivity contribution in [2.45, 2.75) is 24.9 Å². The van der Waals surface area contributed by atoms with Crippen LogP contribution in [0.5, 0.6) is 0 Å². The van der Waals surface area contributed by atoms with Gasteiger partial charge in [0.15, 0.2) is 0 Å².